The fraction of sp³-hybridized carbons (Fsp3) is 0.850. The lowest BCUT2D eigenvalue weighted by atomic mass is 9.80. The first-order valence-corrected chi connectivity index (χ1v) is 10.1. The average Bonchev–Trinajstić information content (AvgIpc) is 2.62. The second-order valence-corrected chi connectivity index (χ2v) is 7.75. The molecule has 1 aliphatic rings. The molecule has 0 radical (unpaired) electrons. The number of rotatable bonds is 12. The van der Waals surface area contributed by atoms with E-state index in [0.717, 1.165) is 25.7 Å². The zero-order chi connectivity index (χ0) is 20.2. The van der Waals surface area contributed by atoms with Crippen LogP contribution >= 0.6 is 0 Å². The van der Waals surface area contributed by atoms with Crippen molar-refractivity contribution in [1.29, 1.82) is 0 Å². The van der Waals surface area contributed by atoms with Crippen LogP contribution in [0.25, 0.3) is 0 Å². The van der Waals surface area contributed by atoms with Gasteiger partial charge in [0.05, 0.1) is 19.3 Å². The van der Waals surface area contributed by atoms with E-state index in [4.69, 9.17) is 9.47 Å². The lowest BCUT2D eigenvalue weighted by Gasteiger charge is -2.29. The van der Waals surface area contributed by atoms with Gasteiger partial charge in [-0.25, -0.2) is 0 Å². The lowest BCUT2D eigenvalue weighted by Crippen LogP contribution is -2.39. The Labute approximate surface area is 165 Å². The molecule has 0 aromatic rings. The number of hydrogen-bond donors (Lipinski definition) is 2. The molecule has 7 heteroatoms. The highest BCUT2D eigenvalue weighted by Crippen LogP contribution is 2.27. The summed E-state index contributed by atoms with van der Waals surface area (Å²) in [5.41, 5.74) is 0. The van der Waals surface area contributed by atoms with Gasteiger partial charge in [-0.3, -0.25) is 14.4 Å². The van der Waals surface area contributed by atoms with Gasteiger partial charge in [0.2, 0.25) is 11.8 Å². The first kappa shape index (κ1) is 23.6. The van der Waals surface area contributed by atoms with Crippen LogP contribution in [0.3, 0.4) is 0 Å². The highest BCUT2D eigenvalue weighted by Gasteiger charge is 2.28. The number of amides is 2. The molecule has 0 spiro atoms. The Morgan fingerprint density at radius 2 is 1.67 bits per heavy atom. The van der Waals surface area contributed by atoms with Crippen molar-refractivity contribution in [1.82, 2.24) is 10.6 Å². The van der Waals surface area contributed by atoms with Gasteiger partial charge in [-0.1, -0.05) is 13.8 Å². The standard InChI is InChI=1S/C20H36N2O5.2H2/c1-14(2)20(25)16-5-7-17(8-6-16)22-18(23)9-11-26-12-10-21-19(24)13-27-15(3)4;;/h14-17H,5-13H2,1-4H3,(H,21,24)(H,22,23);2*1H. The van der Waals surface area contributed by atoms with Crippen molar-refractivity contribution in [3.8, 4) is 0 Å². The Bertz CT molecular complexity index is 481. The van der Waals surface area contributed by atoms with E-state index in [1.165, 1.54) is 0 Å². The van der Waals surface area contributed by atoms with E-state index in [1.807, 2.05) is 27.7 Å². The van der Waals surface area contributed by atoms with E-state index in [0.29, 0.717) is 32.0 Å². The van der Waals surface area contributed by atoms with Gasteiger partial charge in [-0.2, -0.15) is 0 Å². The molecule has 0 aliphatic heterocycles. The molecule has 0 unspecified atom stereocenters. The van der Waals surface area contributed by atoms with Crippen molar-refractivity contribution in [3.05, 3.63) is 0 Å². The van der Waals surface area contributed by atoms with E-state index in [2.05, 4.69) is 10.6 Å². The topological polar surface area (TPSA) is 93.7 Å². The fourth-order valence-corrected chi connectivity index (χ4v) is 3.12. The average molecular weight is 389 g/mol. The fourth-order valence-electron chi connectivity index (χ4n) is 3.12. The van der Waals surface area contributed by atoms with Gasteiger partial charge in [0.25, 0.3) is 0 Å². The van der Waals surface area contributed by atoms with Crippen LogP contribution in [0.4, 0.5) is 0 Å². The van der Waals surface area contributed by atoms with E-state index in [9.17, 15) is 14.4 Å². The summed E-state index contributed by atoms with van der Waals surface area (Å²) in [6.45, 7) is 8.77. The Balaban J connectivity index is 0. The predicted octanol–water partition coefficient (Wildman–Crippen LogP) is 2.33. The number of carbonyl (C=O) groups is 3. The second kappa shape index (κ2) is 12.8. The smallest absolute Gasteiger partial charge is 0.246 e. The third kappa shape index (κ3) is 10.4. The summed E-state index contributed by atoms with van der Waals surface area (Å²) in [7, 11) is 0. The van der Waals surface area contributed by atoms with Crippen LogP contribution in [0.5, 0.6) is 0 Å². The normalized spacial score (nSPS) is 19.9. The molecule has 0 aromatic carbocycles. The molecule has 0 heterocycles. The maximum atomic E-state index is 12.0. The summed E-state index contributed by atoms with van der Waals surface area (Å²) in [4.78, 5) is 35.4. The summed E-state index contributed by atoms with van der Waals surface area (Å²) in [5.74, 6) is 0.393. The number of Topliss-reactive ketones (excluding diaryl/α,β-unsaturated/α-hetero) is 1. The zero-order valence-electron chi connectivity index (χ0n) is 17.2. The maximum absolute atomic E-state index is 12.0. The van der Waals surface area contributed by atoms with Gasteiger partial charge in [0.1, 0.15) is 12.4 Å². The molecule has 7 nitrogen and oxygen atoms in total. The highest BCUT2D eigenvalue weighted by molar-refractivity contribution is 5.83. The number of ketones is 1. The molecular formula is C20H40N2O5. The van der Waals surface area contributed by atoms with Gasteiger partial charge in [-0.05, 0) is 39.5 Å². The van der Waals surface area contributed by atoms with Gasteiger partial charge in [0, 0.05) is 33.7 Å². The molecule has 1 fully saturated rings. The maximum Gasteiger partial charge on any atom is 0.246 e. The van der Waals surface area contributed by atoms with Crippen molar-refractivity contribution in [2.24, 2.45) is 11.8 Å². The molecule has 160 valence electrons. The second-order valence-electron chi connectivity index (χ2n) is 7.75. The van der Waals surface area contributed by atoms with Gasteiger partial charge in [0.15, 0.2) is 0 Å². The van der Waals surface area contributed by atoms with E-state index in [-0.39, 0.29) is 45.3 Å². The highest BCUT2D eigenvalue weighted by atomic mass is 16.5. The van der Waals surface area contributed by atoms with Gasteiger partial charge in [-0.15, -0.1) is 0 Å². The largest absolute Gasteiger partial charge is 0.379 e. The Kier molecular flexibility index (Phi) is 11.2. The first-order chi connectivity index (χ1) is 12.8. The molecular weight excluding hydrogens is 348 g/mol. The van der Waals surface area contributed by atoms with E-state index < -0.39 is 0 Å². The molecule has 0 bridgehead atoms. The molecule has 2 amide bonds. The monoisotopic (exact) mass is 388 g/mol. The SMILES string of the molecule is CC(C)OCC(=O)NCCOCCC(=O)NC1CCC(C(=O)C(C)C)CC1.[HH].[HH]. The number of nitrogens with one attached hydrogen (secondary N) is 2. The summed E-state index contributed by atoms with van der Waals surface area (Å²) in [6.07, 6.45) is 3.77. The molecule has 1 aliphatic carbocycles. The molecule has 1 rings (SSSR count). The molecule has 2 N–H and O–H groups in total. The minimum Gasteiger partial charge on any atom is -0.379 e. The molecule has 27 heavy (non-hydrogen) atoms. The quantitative estimate of drug-likeness (QED) is 0.501. The van der Waals surface area contributed by atoms with Crippen molar-refractivity contribution in [3.63, 3.8) is 0 Å². The van der Waals surface area contributed by atoms with Crippen molar-refractivity contribution < 1.29 is 26.7 Å². The first-order valence-electron chi connectivity index (χ1n) is 10.1. The number of carbonyl (C=O) groups excluding carboxylic acids is 3. The van der Waals surface area contributed by atoms with Crippen molar-refractivity contribution >= 4 is 17.6 Å². The molecule has 1 saturated carbocycles. The van der Waals surface area contributed by atoms with E-state index in [1.54, 1.807) is 0 Å². The Morgan fingerprint density at radius 3 is 2.26 bits per heavy atom. The van der Waals surface area contributed by atoms with Crippen molar-refractivity contribution in [2.75, 3.05) is 26.4 Å². The zero-order valence-corrected chi connectivity index (χ0v) is 17.2. The molecule has 0 saturated heterocycles. The van der Waals surface area contributed by atoms with Crippen LogP contribution in [0, 0.1) is 11.8 Å². The molecule has 0 atom stereocenters. The summed E-state index contributed by atoms with van der Waals surface area (Å²) in [6, 6.07) is 0.161. The number of hydrogen-bond acceptors (Lipinski definition) is 5. The minimum absolute atomic E-state index is 0. The Morgan fingerprint density at radius 1 is 1.00 bits per heavy atom. The van der Waals surface area contributed by atoms with Crippen LogP contribution in [-0.4, -0.2) is 56.1 Å². The minimum atomic E-state index is -0.170. The van der Waals surface area contributed by atoms with Crippen LogP contribution < -0.4 is 10.6 Å². The lowest BCUT2D eigenvalue weighted by molar-refractivity contribution is -0.128. The van der Waals surface area contributed by atoms with Crippen LogP contribution in [0.15, 0.2) is 0 Å². The molecule has 0 aromatic heterocycles. The predicted molar refractivity (Wildman–Crippen MR) is 107 cm³/mol. The van der Waals surface area contributed by atoms with Gasteiger partial charge >= 0.3 is 0 Å². The Hall–Kier alpha value is -1.47. The third-order valence-electron chi connectivity index (χ3n) is 4.65. The van der Waals surface area contributed by atoms with Crippen LogP contribution in [-0.2, 0) is 23.9 Å². The van der Waals surface area contributed by atoms with Crippen molar-refractivity contribution in [2.45, 2.75) is 71.9 Å². The summed E-state index contributed by atoms with van der Waals surface area (Å²) < 4.78 is 10.6. The van der Waals surface area contributed by atoms with Crippen LogP contribution in [0.1, 0.15) is 62.7 Å². The van der Waals surface area contributed by atoms with Crippen LogP contribution in [0.2, 0.25) is 0 Å². The van der Waals surface area contributed by atoms with Gasteiger partial charge < -0.3 is 20.1 Å². The van der Waals surface area contributed by atoms with E-state index >= 15 is 0 Å². The summed E-state index contributed by atoms with van der Waals surface area (Å²) >= 11 is 0. The summed E-state index contributed by atoms with van der Waals surface area (Å²) in [5, 5.41) is 5.72. The third-order valence-corrected chi connectivity index (χ3v) is 4.65. The number of ether oxygens (including phenoxy) is 2.